The zero-order valence-corrected chi connectivity index (χ0v) is 11.2. The van der Waals surface area contributed by atoms with Crippen molar-refractivity contribution in [3.63, 3.8) is 0 Å². The highest BCUT2D eigenvalue weighted by atomic mass is 19.4. The smallest absolute Gasteiger partial charge is 0.416 e. The molecule has 106 valence electrons. The normalized spacial score (nSPS) is 16.3. The number of hydrogen-bond acceptors (Lipinski definition) is 2. The molecule has 2 rings (SSSR count). The second kappa shape index (κ2) is 4.62. The largest absolute Gasteiger partial charge is 0.490 e. The summed E-state index contributed by atoms with van der Waals surface area (Å²) < 4.78 is 49.4. The predicted octanol–water partition coefficient (Wildman–Crippen LogP) is 4.42. The maximum absolute atomic E-state index is 12.8. The molecule has 1 aliphatic rings. The minimum absolute atomic E-state index is 0.0472. The minimum Gasteiger partial charge on any atom is -0.490 e. The van der Waals surface area contributed by atoms with Crippen molar-refractivity contribution >= 4 is 0 Å². The van der Waals surface area contributed by atoms with E-state index in [2.05, 4.69) is 0 Å². The quantitative estimate of drug-likeness (QED) is 0.812. The molecule has 0 unspecified atom stereocenters. The van der Waals surface area contributed by atoms with Gasteiger partial charge in [-0.25, -0.2) is 0 Å². The van der Waals surface area contributed by atoms with Crippen LogP contribution in [0.4, 0.5) is 13.2 Å². The lowest BCUT2D eigenvalue weighted by molar-refractivity contribution is -0.137. The van der Waals surface area contributed by atoms with Gasteiger partial charge in [0.1, 0.15) is 17.1 Å². The lowest BCUT2D eigenvalue weighted by Gasteiger charge is -2.22. The summed E-state index contributed by atoms with van der Waals surface area (Å²) in [4.78, 5) is 0. The van der Waals surface area contributed by atoms with Crippen LogP contribution in [0.3, 0.4) is 0 Å². The Balaban J connectivity index is 2.30. The summed E-state index contributed by atoms with van der Waals surface area (Å²) >= 11 is 0. The van der Waals surface area contributed by atoms with Gasteiger partial charge in [-0.05, 0) is 45.7 Å². The third kappa shape index (κ3) is 4.33. The maximum Gasteiger partial charge on any atom is 0.416 e. The fraction of sp³-hybridized carbons (Fsp3) is 0.571. The molecule has 0 amide bonds. The Bertz CT molecular complexity index is 457. The SMILES string of the molecule is CC(C)(C)Oc1cc(OC2CC2)cc(C(F)(F)F)c1. The topological polar surface area (TPSA) is 18.5 Å². The number of alkyl halides is 3. The summed E-state index contributed by atoms with van der Waals surface area (Å²) in [5.74, 6) is 0.398. The van der Waals surface area contributed by atoms with E-state index in [4.69, 9.17) is 9.47 Å². The number of hydrogen-bond donors (Lipinski definition) is 0. The molecule has 1 aliphatic carbocycles. The first-order valence-electron chi connectivity index (χ1n) is 6.21. The van der Waals surface area contributed by atoms with Gasteiger partial charge < -0.3 is 9.47 Å². The van der Waals surface area contributed by atoms with Gasteiger partial charge in [-0.2, -0.15) is 13.2 Å². The molecule has 5 heteroatoms. The van der Waals surface area contributed by atoms with Crippen molar-refractivity contribution in [3.05, 3.63) is 23.8 Å². The molecule has 0 N–H and O–H groups in total. The average Bonchev–Trinajstić information content (AvgIpc) is 2.96. The third-order valence-electron chi connectivity index (χ3n) is 2.46. The van der Waals surface area contributed by atoms with Crippen molar-refractivity contribution in [2.24, 2.45) is 0 Å². The molecule has 0 radical (unpaired) electrons. The van der Waals surface area contributed by atoms with Crippen LogP contribution >= 0.6 is 0 Å². The van der Waals surface area contributed by atoms with E-state index in [9.17, 15) is 13.2 Å². The summed E-state index contributed by atoms with van der Waals surface area (Å²) in [5.41, 5.74) is -1.30. The molecule has 2 nitrogen and oxygen atoms in total. The fourth-order valence-corrected chi connectivity index (χ4v) is 1.59. The van der Waals surface area contributed by atoms with Crippen LogP contribution in [0.1, 0.15) is 39.2 Å². The molecular weight excluding hydrogens is 257 g/mol. The molecule has 0 saturated heterocycles. The average molecular weight is 274 g/mol. The summed E-state index contributed by atoms with van der Waals surface area (Å²) in [6, 6.07) is 3.54. The Hall–Kier alpha value is -1.39. The van der Waals surface area contributed by atoms with Gasteiger partial charge in [-0.3, -0.25) is 0 Å². The van der Waals surface area contributed by atoms with Gasteiger partial charge in [0.15, 0.2) is 0 Å². The first-order chi connectivity index (χ1) is 8.63. The van der Waals surface area contributed by atoms with Gasteiger partial charge in [-0.15, -0.1) is 0 Å². The van der Waals surface area contributed by atoms with Crippen LogP contribution in [0, 0.1) is 0 Å². The predicted molar refractivity (Wildman–Crippen MR) is 65.5 cm³/mol. The van der Waals surface area contributed by atoms with E-state index in [1.807, 2.05) is 0 Å². The second-order valence-corrected chi connectivity index (χ2v) is 5.72. The first-order valence-corrected chi connectivity index (χ1v) is 6.21. The molecule has 19 heavy (non-hydrogen) atoms. The zero-order valence-electron chi connectivity index (χ0n) is 11.2. The summed E-state index contributed by atoms with van der Waals surface area (Å²) in [6.07, 6.45) is -2.57. The van der Waals surface area contributed by atoms with Gasteiger partial charge in [0.25, 0.3) is 0 Å². The van der Waals surface area contributed by atoms with Gasteiger partial charge in [0.05, 0.1) is 11.7 Å². The van der Waals surface area contributed by atoms with Crippen molar-refractivity contribution in [2.45, 2.75) is 51.5 Å². The minimum atomic E-state index is -4.40. The van der Waals surface area contributed by atoms with Gasteiger partial charge in [-0.1, -0.05) is 0 Å². The molecule has 1 fully saturated rings. The molecule has 0 bridgehead atoms. The number of benzene rings is 1. The summed E-state index contributed by atoms with van der Waals surface area (Å²) in [5, 5.41) is 0. The molecule has 0 spiro atoms. The van der Waals surface area contributed by atoms with E-state index in [1.165, 1.54) is 6.07 Å². The number of halogens is 3. The van der Waals surface area contributed by atoms with Crippen LogP contribution in [0.15, 0.2) is 18.2 Å². The van der Waals surface area contributed by atoms with Crippen LogP contribution in [0.5, 0.6) is 11.5 Å². The van der Waals surface area contributed by atoms with Crippen LogP contribution in [0.25, 0.3) is 0 Å². The monoisotopic (exact) mass is 274 g/mol. The highest BCUT2D eigenvalue weighted by Gasteiger charge is 2.33. The summed E-state index contributed by atoms with van der Waals surface area (Å²) in [6.45, 7) is 5.36. The lowest BCUT2D eigenvalue weighted by atomic mass is 10.1. The number of rotatable bonds is 3. The fourth-order valence-electron chi connectivity index (χ4n) is 1.59. The Labute approximate surface area is 110 Å². The van der Waals surface area contributed by atoms with Crippen molar-refractivity contribution in [1.82, 2.24) is 0 Å². The molecule has 1 saturated carbocycles. The molecule has 0 aliphatic heterocycles. The van der Waals surface area contributed by atoms with Crippen molar-refractivity contribution in [2.75, 3.05) is 0 Å². The Morgan fingerprint density at radius 3 is 2.05 bits per heavy atom. The van der Waals surface area contributed by atoms with Crippen LogP contribution in [0.2, 0.25) is 0 Å². The first kappa shape index (κ1) is 14.0. The Kier molecular flexibility index (Phi) is 3.41. The molecular formula is C14H17F3O2. The van der Waals surface area contributed by atoms with E-state index in [0.29, 0.717) is 0 Å². The van der Waals surface area contributed by atoms with Crippen molar-refractivity contribution < 1.29 is 22.6 Å². The van der Waals surface area contributed by atoms with E-state index in [1.54, 1.807) is 20.8 Å². The van der Waals surface area contributed by atoms with E-state index >= 15 is 0 Å². The molecule has 0 atom stereocenters. The van der Waals surface area contributed by atoms with E-state index < -0.39 is 17.3 Å². The van der Waals surface area contributed by atoms with Gasteiger partial charge in [0, 0.05) is 6.07 Å². The van der Waals surface area contributed by atoms with Crippen LogP contribution in [-0.2, 0) is 6.18 Å². The van der Waals surface area contributed by atoms with Crippen molar-refractivity contribution in [1.29, 1.82) is 0 Å². The third-order valence-corrected chi connectivity index (χ3v) is 2.46. The van der Waals surface area contributed by atoms with Gasteiger partial charge >= 0.3 is 6.18 Å². The highest BCUT2D eigenvalue weighted by Crippen LogP contribution is 2.37. The van der Waals surface area contributed by atoms with Crippen LogP contribution in [-0.4, -0.2) is 11.7 Å². The lowest BCUT2D eigenvalue weighted by Crippen LogP contribution is -2.23. The Morgan fingerprint density at radius 1 is 1.00 bits per heavy atom. The van der Waals surface area contributed by atoms with Gasteiger partial charge in [0.2, 0.25) is 0 Å². The standard InChI is InChI=1S/C14H17F3O2/c1-13(2,3)19-12-7-9(14(15,16)17)6-11(8-12)18-10-4-5-10/h6-8,10H,4-5H2,1-3H3. The maximum atomic E-state index is 12.8. The molecule has 0 heterocycles. The Morgan fingerprint density at radius 2 is 1.58 bits per heavy atom. The molecule has 1 aromatic carbocycles. The zero-order chi connectivity index (χ0) is 14.3. The molecule has 1 aromatic rings. The second-order valence-electron chi connectivity index (χ2n) is 5.72. The van der Waals surface area contributed by atoms with Crippen molar-refractivity contribution in [3.8, 4) is 11.5 Å². The molecule has 0 aromatic heterocycles. The highest BCUT2D eigenvalue weighted by molar-refractivity contribution is 5.40. The summed E-state index contributed by atoms with van der Waals surface area (Å²) in [7, 11) is 0. The van der Waals surface area contributed by atoms with E-state index in [0.717, 1.165) is 25.0 Å². The van der Waals surface area contributed by atoms with E-state index in [-0.39, 0.29) is 17.6 Å². The van der Waals surface area contributed by atoms with Crippen LogP contribution < -0.4 is 9.47 Å². The number of ether oxygens (including phenoxy) is 2.